The highest BCUT2D eigenvalue weighted by Crippen LogP contribution is 2.13. The van der Waals surface area contributed by atoms with Crippen molar-refractivity contribution in [1.29, 1.82) is 0 Å². The molecule has 1 amide bonds. The number of nitrogens with two attached hydrogens (primary N) is 1. The molecular weight excluding hydrogens is 168 g/mol. The van der Waals surface area contributed by atoms with Crippen molar-refractivity contribution in [2.45, 2.75) is 38.8 Å². The van der Waals surface area contributed by atoms with Crippen LogP contribution in [0.4, 0.5) is 0 Å². The third-order valence-electron chi connectivity index (χ3n) is 2.21. The van der Waals surface area contributed by atoms with Crippen LogP contribution in [0.2, 0.25) is 0 Å². The molecule has 0 heterocycles. The van der Waals surface area contributed by atoms with E-state index in [0.717, 1.165) is 6.54 Å². The molecule has 13 heavy (non-hydrogen) atoms. The monoisotopic (exact) mass is 188 g/mol. The Morgan fingerprint density at radius 1 is 1.69 bits per heavy atom. The van der Waals surface area contributed by atoms with Gasteiger partial charge in [0.25, 0.3) is 0 Å². The van der Waals surface area contributed by atoms with Crippen molar-refractivity contribution in [3.63, 3.8) is 0 Å². The summed E-state index contributed by atoms with van der Waals surface area (Å²) in [5.74, 6) is -0.335. The first kappa shape index (κ1) is 12.4. The molecule has 4 nitrogen and oxygen atoms in total. The standard InChI is InChI=1S/C9H20N2O2/c1-5-11-9(3,8(10)12)6-7(2)13-4/h7,11H,5-6H2,1-4H3,(H2,10,12). The summed E-state index contributed by atoms with van der Waals surface area (Å²) in [6, 6.07) is 0. The molecule has 0 radical (unpaired) electrons. The van der Waals surface area contributed by atoms with Crippen LogP contribution >= 0.6 is 0 Å². The second-order valence-electron chi connectivity index (χ2n) is 3.48. The molecule has 2 unspecified atom stereocenters. The highest BCUT2D eigenvalue weighted by Gasteiger charge is 2.31. The number of hydrogen-bond donors (Lipinski definition) is 2. The molecule has 0 saturated carbocycles. The number of ether oxygens (including phenoxy) is 1. The Kier molecular flexibility index (Phi) is 4.95. The lowest BCUT2D eigenvalue weighted by atomic mass is 9.94. The van der Waals surface area contributed by atoms with Gasteiger partial charge in [0.05, 0.1) is 11.6 Å². The number of carbonyl (C=O) groups is 1. The number of hydrogen-bond acceptors (Lipinski definition) is 3. The van der Waals surface area contributed by atoms with Gasteiger partial charge in [-0.2, -0.15) is 0 Å². The van der Waals surface area contributed by atoms with Crippen LogP contribution in [0.3, 0.4) is 0 Å². The topological polar surface area (TPSA) is 64.3 Å². The molecule has 0 aromatic heterocycles. The van der Waals surface area contributed by atoms with E-state index in [4.69, 9.17) is 10.5 Å². The van der Waals surface area contributed by atoms with Crippen LogP contribution in [0.5, 0.6) is 0 Å². The highest BCUT2D eigenvalue weighted by molar-refractivity contribution is 5.84. The molecule has 78 valence electrons. The molecular formula is C9H20N2O2. The van der Waals surface area contributed by atoms with E-state index in [2.05, 4.69) is 5.32 Å². The summed E-state index contributed by atoms with van der Waals surface area (Å²) in [4.78, 5) is 11.2. The summed E-state index contributed by atoms with van der Waals surface area (Å²) < 4.78 is 5.09. The van der Waals surface area contributed by atoms with Crippen LogP contribution in [-0.2, 0) is 9.53 Å². The molecule has 3 N–H and O–H groups in total. The number of nitrogens with one attached hydrogen (secondary N) is 1. The average molecular weight is 188 g/mol. The van der Waals surface area contributed by atoms with E-state index >= 15 is 0 Å². The van der Waals surface area contributed by atoms with Crippen molar-refractivity contribution in [2.75, 3.05) is 13.7 Å². The first-order valence-electron chi connectivity index (χ1n) is 4.54. The minimum atomic E-state index is -0.663. The summed E-state index contributed by atoms with van der Waals surface area (Å²) in [6.45, 7) is 6.38. The zero-order chi connectivity index (χ0) is 10.5. The van der Waals surface area contributed by atoms with Crippen molar-refractivity contribution in [1.82, 2.24) is 5.32 Å². The molecule has 0 aromatic carbocycles. The molecule has 4 heteroatoms. The van der Waals surface area contributed by atoms with Gasteiger partial charge in [-0.25, -0.2) is 0 Å². The Morgan fingerprint density at radius 2 is 2.23 bits per heavy atom. The number of primary amides is 1. The number of carbonyl (C=O) groups excluding carboxylic acids is 1. The minimum Gasteiger partial charge on any atom is -0.382 e. The van der Waals surface area contributed by atoms with Crippen molar-refractivity contribution in [2.24, 2.45) is 5.73 Å². The fourth-order valence-electron chi connectivity index (χ4n) is 1.31. The quantitative estimate of drug-likeness (QED) is 0.628. The summed E-state index contributed by atoms with van der Waals surface area (Å²) in [7, 11) is 1.62. The summed E-state index contributed by atoms with van der Waals surface area (Å²) in [6.07, 6.45) is 0.615. The summed E-state index contributed by atoms with van der Waals surface area (Å²) in [5, 5.41) is 3.07. The average Bonchev–Trinajstić information content (AvgIpc) is 2.04. The smallest absolute Gasteiger partial charge is 0.237 e. The molecule has 0 aliphatic heterocycles. The molecule has 0 saturated heterocycles. The molecule has 0 aliphatic carbocycles. The lowest BCUT2D eigenvalue weighted by Gasteiger charge is -2.29. The highest BCUT2D eigenvalue weighted by atomic mass is 16.5. The SMILES string of the molecule is CCNC(C)(CC(C)OC)C(N)=O. The van der Waals surface area contributed by atoms with Crippen LogP contribution < -0.4 is 11.1 Å². The molecule has 0 rings (SSSR count). The third-order valence-corrected chi connectivity index (χ3v) is 2.21. The van der Waals surface area contributed by atoms with E-state index in [1.54, 1.807) is 14.0 Å². The Morgan fingerprint density at radius 3 is 2.54 bits per heavy atom. The van der Waals surface area contributed by atoms with E-state index in [9.17, 15) is 4.79 Å². The number of rotatable bonds is 6. The van der Waals surface area contributed by atoms with Crippen molar-refractivity contribution in [3.8, 4) is 0 Å². The Bertz CT molecular complexity index is 173. The molecule has 0 bridgehead atoms. The van der Waals surface area contributed by atoms with Gasteiger partial charge < -0.3 is 15.8 Å². The second kappa shape index (κ2) is 5.19. The van der Waals surface area contributed by atoms with Crippen LogP contribution in [0, 0.1) is 0 Å². The molecule has 0 aromatic rings. The Labute approximate surface area is 79.8 Å². The predicted octanol–water partition coefficient (Wildman–Crippen LogP) is 0.265. The van der Waals surface area contributed by atoms with E-state index < -0.39 is 5.54 Å². The largest absolute Gasteiger partial charge is 0.382 e. The van der Waals surface area contributed by atoms with Gasteiger partial charge in [-0.3, -0.25) is 4.79 Å². The predicted molar refractivity (Wildman–Crippen MR) is 52.4 cm³/mol. The maximum absolute atomic E-state index is 11.2. The van der Waals surface area contributed by atoms with Gasteiger partial charge in [0, 0.05) is 13.5 Å². The third kappa shape index (κ3) is 3.74. The fraction of sp³-hybridized carbons (Fsp3) is 0.889. The van der Waals surface area contributed by atoms with Crippen molar-refractivity contribution < 1.29 is 9.53 Å². The van der Waals surface area contributed by atoms with Crippen LogP contribution in [-0.4, -0.2) is 31.2 Å². The van der Waals surface area contributed by atoms with Crippen molar-refractivity contribution >= 4 is 5.91 Å². The van der Waals surface area contributed by atoms with E-state index in [1.165, 1.54) is 0 Å². The van der Waals surface area contributed by atoms with E-state index in [1.807, 2.05) is 13.8 Å². The lowest BCUT2D eigenvalue weighted by molar-refractivity contribution is -0.125. The first-order valence-corrected chi connectivity index (χ1v) is 4.54. The van der Waals surface area contributed by atoms with Gasteiger partial charge in [0.15, 0.2) is 0 Å². The Hall–Kier alpha value is -0.610. The molecule has 0 fully saturated rings. The van der Waals surface area contributed by atoms with Gasteiger partial charge >= 0.3 is 0 Å². The van der Waals surface area contributed by atoms with Gasteiger partial charge in [0.2, 0.25) is 5.91 Å². The number of methoxy groups -OCH3 is 1. The zero-order valence-corrected chi connectivity index (χ0v) is 8.89. The van der Waals surface area contributed by atoms with Gasteiger partial charge in [-0.15, -0.1) is 0 Å². The van der Waals surface area contributed by atoms with Gasteiger partial charge in [-0.05, 0) is 20.4 Å². The zero-order valence-electron chi connectivity index (χ0n) is 8.89. The molecule has 0 spiro atoms. The van der Waals surface area contributed by atoms with Crippen LogP contribution in [0.25, 0.3) is 0 Å². The lowest BCUT2D eigenvalue weighted by Crippen LogP contribution is -2.54. The van der Waals surface area contributed by atoms with Crippen molar-refractivity contribution in [3.05, 3.63) is 0 Å². The normalized spacial score (nSPS) is 17.8. The maximum atomic E-state index is 11.2. The number of amides is 1. The minimum absolute atomic E-state index is 0.0246. The van der Waals surface area contributed by atoms with E-state index in [-0.39, 0.29) is 12.0 Å². The summed E-state index contributed by atoms with van der Waals surface area (Å²) >= 11 is 0. The van der Waals surface area contributed by atoms with Gasteiger partial charge in [-0.1, -0.05) is 6.92 Å². The Balaban J connectivity index is 4.32. The fourth-order valence-corrected chi connectivity index (χ4v) is 1.31. The van der Waals surface area contributed by atoms with Crippen LogP contribution in [0.1, 0.15) is 27.2 Å². The molecule has 0 aliphatic rings. The second-order valence-corrected chi connectivity index (χ2v) is 3.48. The van der Waals surface area contributed by atoms with Crippen LogP contribution in [0.15, 0.2) is 0 Å². The van der Waals surface area contributed by atoms with E-state index in [0.29, 0.717) is 6.42 Å². The maximum Gasteiger partial charge on any atom is 0.237 e. The first-order chi connectivity index (χ1) is 5.96. The molecule has 2 atom stereocenters. The van der Waals surface area contributed by atoms with Gasteiger partial charge in [0.1, 0.15) is 0 Å². The summed E-state index contributed by atoms with van der Waals surface area (Å²) in [5.41, 5.74) is 4.64. The number of likely N-dealkylation sites (N-methyl/N-ethyl adjacent to an activating group) is 1.